The van der Waals surface area contributed by atoms with Crippen molar-refractivity contribution < 1.29 is 9.47 Å². The van der Waals surface area contributed by atoms with Crippen LogP contribution < -0.4 is 14.8 Å². The van der Waals surface area contributed by atoms with E-state index >= 15 is 0 Å². The molecule has 0 bridgehead atoms. The lowest BCUT2D eigenvalue weighted by molar-refractivity contribution is 0.280. The van der Waals surface area contributed by atoms with Gasteiger partial charge in [0.25, 0.3) is 0 Å². The molecule has 3 aromatic rings. The zero-order valence-corrected chi connectivity index (χ0v) is 15.4. The molecular weight excluding hydrogens is 348 g/mol. The Morgan fingerprint density at radius 2 is 1.88 bits per heavy atom. The number of methoxy groups -OCH3 is 1. The van der Waals surface area contributed by atoms with E-state index in [0.717, 1.165) is 22.6 Å². The zero-order chi connectivity index (χ0) is 18.2. The highest BCUT2D eigenvalue weighted by Gasteiger charge is 2.11. The molecule has 0 saturated heterocycles. The summed E-state index contributed by atoms with van der Waals surface area (Å²) in [4.78, 5) is 4.32. The van der Waals surface area contributed by atoms with E-state index in [2.05, 4.69) is 10.3 Å². The third-order valence-electron chi connectivity index (χ3n) is 3.90. The van der Waals surface area contributed by atoms with Crippen molar-refractivity contribution >= 4 is 11.6 Å². The van der Waals surface area contributed by atoms with Crippen LogP contribution in [0, 0.1) is 0 Å². The lowest BCUT2D eigenvalue weighted by Crippen LogP contribution is -2.14. The number of aromatic nitrogens is 1. The predicted molar refractivity (Wildman–Crippen MR) is 104 cm³/mol. The van der Waals surface area contributed by atoms with E-state index < -0.39 is 0 Å². The molecule has 26 heavy (non-hydrogen) atoms. The Morgan fingerprint density at radius 3 is 2.65 bits per heavy atom. The Hall–Kier alpha value is -2.56. The monoisotopic (exact) mass is 368 g/mol. The van der Waals surface area contributed by atoms with Gasteiger partial charge in [0, 0.05) is 29.9 Å². The molecule has 0 aliphatic rings. The van der Waals surface area contributed by atoms with E-state index in [1.54, 1.807) is 13.3 Å². The molecule has 0 unspecified atom stereocenters. The minimum absolute atomic E-state index is 0.425. The number of ether oxygens (including phenoxy) is 2. The number of pyridine rings is 1. The van der Waals surface area contributed by atoms with Gasteiger partial charge in [0.05, 0.1) is 12.8 Å². The highest BCUT2D eigenvalue weighted by molar-refractivity contribution is 6.30. The first-order valence-electron chi connectivity index (χ1n) is 8.40. The lowest BCUT2D eigenvalue weighted by atomic mass is 10.1. The number of benzene rings is 2. The molecule has 3 rings (SSSR count). The molecule has 0 fully saturated rings. The maximum Gasteiger partial charge on any atom is 0.166 e. The van der Waals surface area contributed by atoms with Crippen LogP contribution in [0.25, 0.3) is 0 Å². The molecule has 1 N–H and O–H groups in total. The third-order valence-corrected chi connectivity index (χ3v) is 4.14. The van der Waals surface area contributed by atoms with E-state index in [4.69, 9.17) is 21.1 Å². The van der Waals surface area contributed by atoms with Crippen LogP contribution in [0.4, 0.5) is 0 Å². The Morgan fingerprint density at radius 1 is 1.00 bits per heavy atom. The smallest absolute Gasteiger partial charge is 0.166 e. The molecule has 1 heterocycles. The fourth-order valence-corrected chi connectivity index (χ4v) is 2.85. The van der Waals surface area contributed by atoms with Gasteiger partial charge in [0.1, 0.15) is 6.61 Å². The number of hydrogen-bond donors (Lipinski definition) is 1. The van der Waals surface area contributed by atoms with Crippen LogP contribution in [0.1, 0.15) is 16.8 Å². The second kappa shape index (κ2) is 9.22. The molecule has 134 valence electrons. The SMILES string of the molecule is COc1cccc(CNCc2ccccn2)c1OCc1cccc(Cl)c1. The average Bonchev–Trinajstić information content (AvgIpc) is 2.67. The third kappa shape index (κ3) is 4.97. The van der Waals surface area contributed by atoms with Crippen LogP contribution in [-0.4, -0.2) is 12.1 Å². The molecule has 0 spiro atoms. The molecule has 4 nitrogen and oxygen atoms in total. The number of rotatable bonds is 8. The first-order chi connectivity index (χ1) is 12.8. The summed E-state index contributed by atoms with van der Waals surface area (Å²) in [6.45, 7) is 1.76. The van der Waals surface area contributed by atoms with Gasteiger partial charge in [-0.05, 0) is 35.9 Å². The molecule has 1 aromatic heterocycles. The van der Waals surface area contributed by atoms with Gasteiger partial charge >= 0.3 is 0 Å². The molecule has 0 aliphatic carbocycles. The first-order valence-corrected chi connectivity index (χ1v) is 8.78. The minimum Gasteiger partial charge on any atom is -0.493 e. The molecule has 2 aromatic carbocycles. The summed E-state index contributed by atoms with van der Waals surface area (Å²) >= 11 is 6.05. The van der Waals surface area contributed by atoms with Gasteiger partial charge in [-0.15, -0.1) is 0 Å². The topological polar surface area (TPSA) is 43.4 Å². The molecule has 0 saturated carbocycles. The summed E-state index contributed by atoms with van der Waals surface area (Å²) in [6.07, 6.45) is 1.79. The number of halogens is 1. The van der Waals surface area contributed by atoms with Crippen molar-refractivity contribution in [1.29, 1.82) is 0 Å². The number of para-hydroxylation sites is 1. The largest absolute Gasteiger partial charge is 0.493 e. The fourth-order valence-electron chi connectivity index (χ4n) is 2.64. The maximum atomic E-state index is 6.06. The van der Waals surface area contributed by atoms with E-state index in [9.17, 15) is 0 Å². The Bertz CT molecular complexity index is 840. The summed E-state index contributed by atoms with van der Waals surface area (Å²) in [5, 5.41) is 4.10. The molecule has 0 radical (unpaired) electrons. The normalized spacial score (nSPS) is 10.5. The Kier molecular flexibility index (Phi) is 6.47. The zero-order valence-electron chi connectivity index (χ0n) is 14.6. The average molecular weight is 369 g/mol. The van der Waals surface area contributed by atoms with E-state index in [1.807, 2.05) is 60.7 Å². The van der Waals surface area contributed by atoms with Crippen molar-refractivity contribution in [2.75, 3.05) is 7.11 Å². The van der Waals surface area contributed by atoms with Crippen LogP contribution in [0.15, 0.2) is 66.9 Å². The van der Waals surface area contributed by atoms with Gasteiger partial charge in [0.15, 0.2) is 11.5 Å². The lowest BCUT2D eigenvalue weighted by Gasteiger charge is -2.16. The van der Waals surface area contributed by atoms with Gasteiger partial charge in [-0.3, -0.25) is 4.98 Å². The van der Waals surface area contributed by atoms with Crippen LogP contribution in [0.3, 0.4) is 0 Å². The van der Waals surface area contributed by atoms with Gasteiger partial charge in [0.2, 0.25) is 0 Å². The summed E-state index contributed by atoms with van der Waals surface area (Å²) in [5.74, 6) is 1.45. The van der Waals surface area contributed by atoms with Crippen molar-refractivity contribution in [1.82, 2.24) is 10.3 Å². The summed E-state index contributed by atoms with van der Waals surface area (Å²) < 4.78 is 11.5. The fraction of sp³-hybridized carbons (Fsp3) is 0.190. The highest BCUT2D eigenvalue weighted by Crippen LogP contribution is 2.32. The molecular formula is C21H21ClN2O2. The van der Waals surface area contributed by atoms with E-state index in [0.29, 0.717) is 30.5 Å². The molecule has 0 amide bonds. The van der Waals surface area contributed by atoms with Gasteiger partial charge < -0.3 is 14.8 Å². The van der Waals surface area contributed by atoms with Crippen molar-refractivity contribution in [3.63, 3.8) is 0 Å². The summed E-state index contributed by atoms with van der Waals surface area (Å²) in [5.41, 5.74) is 3.04. The van der Waals surface area contributed by atoms with Crippen LogP contribution in [-0.2, 0) is 19.7 Å². The van der Waals surface area contributed by atoms with Crippen molar-refractivity contribution in [3.8, 4) is 11.5 Å². The molecule has 0 atom stereocenters. The number of nitrogens with one attached hydrogen (secondary N) is 1. The summed E-state index contributed by atoms with van der Waals surface area (Å²) in [6, 6.07) is 19.4. The summed E-state index contributed by atoms with van der Waals surface area (Å²) in [7, 11) is 1.65. The van der Waals surface area contributed by atoms with E-state index in [1.165, 1.54) is 0 Å². The predicted octanol–water partition coefficient (Wildman–Crippen LogP) is 4.61. The first kappa shape index (κ1) is 18.2. The Balaban J connectivity index is 1.69. The van der Waals surface area contributed by atoms with Gasteiger partial charge in [-0.2, -0.15) is 0 Å². The highest BCUT2D eigenvalue weighted by atomic mass is 35.5. The number of hydrogen-bond acceptors (Lipinski definition) is 4. The van der Waals surface area contributed by atoms with Crippen LogP contribution in [0.5, 0.6) is 11.5 Å². The Labute approximate surface area is 158 Å². The second-order valence-electron chi connectivity index (χ2n) is 5.79. The van der Waals surface area contributed by atoms with Crippen LogP contribution in [0.2, 0.25) is 5.02 Å². The maximum absolute atomic E-state index is 6.06. The molecule has 5 heteroatoms. The van der Waals surface area contributed by atoms with Crippen molar-refractivity contribution in [2.24, 2.45) is 0 Å². The van der Waals surface area contributed by atoms with Crippen LogP contribution >= 0.6 is 11.6 Å². The van der Waals surface area contributed by atoms with E-state index in [-0.39, 0.29) is 0 Å². The number of nitrogens with zero attached hydrogens (tertiary/aromatic N) is 1. The van der Waals surface area contributed by atoms with Gasteiger partial charge in [-0.1, -0.05) is 41.9 Å². The molecule has 0 aliphatic heterocycles. The second-order valence-corrected chi connectivity index (χ2v) is 6.23. The van der Waals surface area contributed by atoms with Crippen molar-refractivity contribution in [2.45, 2.75) is 19.7 Å². The van der Waals surface area contributed by atoms with Gasteiger partial charge in [-0.25, -0.2) is 0 Å². The van der Waals surface area contributed by atoms with Crippen molar-refractivity contribution in [3.05, 3.63) is 88.7 Å². The minimum atomic E-state index is 0.425. The standard InChI is InChI=1S/C21H21ClN2O2/c1-25-20-10-5-7-17(13-23-14-19-9-2-3-11-24-19)21(20)26-15-16-6-4-8-18(22)12-16/h2-12,23H,13-15H2,1H3. The quantitative estimate of drug-likeness (QED) is 0.630.